The molecule has 0 aromatic carbocycles. The fourth-order valence-corrected chi connectivity index (χ4v) is 2.18. The average Bonchev–Trinajstić information content (AvgIpc) is 2.57. The van der Waals surface area contributed by atoms with Crippen LogP contribution < -0.4 is 5.32 Å². The third-order valence-electron chi connectivity index (χ3n) is 3.19. The lowest BCUT2D eigenvalue weighted by Gasteiger charge is -2.31. The second-order valence-corrected chi connectivity index (χ2v) is 5.77. The Bertz CT molecular complexity index is 347. The monoisotopic (exact) mass is 237 g/mol. The number of hydrogen-bond acceptors (Lipinski definition) is 2. The molecule has 98 valence electrons. The molecule has 0 fully saturated rings. The molecule has 1 heterocycles. The molecule has 0 bridgehead atoms. The predicted molar refractivity (Wildman–Crippen MR) is 73.3 cm³/mol. The van der Waals surface area contributed by atoms with E-state index in [1.54, 1.807) is 0 Å². The molecule has 0 saturated carbocycles. The van der Waals surface area contributed by atoms with Gasteiger partial charge in [-0.25, -0.2) is 0 Å². The highest BCUT2D eigenvalue weighted by atomic mass is 15.3. The van der Waals surface area contributed by atoms with Crippen LogP contribution in [0.3, 0.4) is 0 Å². The Morgan fingerprint density at radius 1 is 1.35 bits per heavy atom. The fraction of sp³-hybridized carbons (Fsp3) is 0.786. The van der Waals surface area contributed by atoms with Gasteiger partial charge in [0.15, 0.2) is 0 Å². The van der Waals surface area contributed by atoms with Gasteiger partial charge in [0.1, 0.15) is 0 Å². The Kier molecular flexibility index (Phi) is 4.75. The Hall–Kier alpha value is -0.830. The molecule has 0 aliphatic carbocycles. The van der Waals surface area contributed by atoms with Gasteiger partial charge in [0.05, 0.1) is 5.69 Å². The number of nitrogens with one attached hydrogen (secondary N) is 1. The molecular formula is C14H27N3. The summed E-state index contributed by atoms with van der Waals surface area (Å²) >= 11 is 0. The van der Waals surface area contributed by atoms with E-state index in [4.69, 9.17) is 0 Å². The Morgan fingerprint density at radius 3 is 2.47 bits per heavy atom. The van der Waals surface area contributed by atoms with Gasteiger partial charge in [0.2, 0.25) is 0 Å². The van der Waals surface area contributed by atoms with E-state index in [0.29, 0.717) is 6.04 Å². The molecule has 1 atom stereocenters. The van der Waals surface area contributed by atoms with Crippen LogP contribution in [0.15, 0.2) is 6.07 Å². The molecule has 0 saturated heterocycles. The van der Waals surface area contributed by atoms with Gasteiger partial charge in [-0.15, -0.1) is 0 Å². The molecule has 3 heteroatoms. The first-order chi connectivity index (χ1) is 7.88. The third-order valence-corrected chi connectivity index (χ3v) is 3.19. The van der Waals surface area contributed by atoms with Crippen LogP contribution in [0.5, 0.6) is 0 Å². The van der Waals surface area contributed by atoms with Crippen LogP contribution in [0.1, 0.15) is 46.0 Å². The molecule has 1 N–H and O–H groups in total. The van der Waals surface area contributed by atoms with Crippen molar-refractivity contribution in [3.8, 4) is 0 Å². The smallest absolute Gasteiger partial charge is 0.0596 e. The number of aromatic nitrogens is 2. The van der Waals surface area contributed by atoms with E-state index in [2.05, 4.69) is 62.7 Å². The fourth-order valence-electron chi connectivity index (χ4n) is 2.18. The van der Waals surface area contributed by atoms with Crippen molar-refractivity contribution in [1.29, 1.82) is 0 Å². The molecule has 0 spiro atoms. The quantitative estimate of drug-likeness (QED) is 0.853. The van der Waals surface area contributed by atoms with Crippen LogP contribution in [0.25, 0.3) is 0 Å². The maximum atomic E-state index is 4.51. The van der Waals surface area contributed by atoms with Gasteiger partial charge in [-0.2, -0.15) is 5.10 Å². The minimum absolute atomic E-state index is 0.271. The molecular weight excluding hydrogens is 210 g/mol. The van der Waals surface area contributed by atoms with E-state index in [0.717, 1.165) is 25.2 Å². The third kappa shape index (κ3) is 3.84. The average molecular weight is 237 g/mol. The number of rotatable bonds is 5. The molecule has 17 heavy (non-hydrogen) atoms. The van der Waals surface area contributed by atoms with Gasteiger partial charge in [-0.05, 0) is 31.9 Å². The Balaban J connectivity index is 2.85. The first-order valence-corrected chi connectivity index (χ1v) is 6.65. The van der Waals surface area contributed by atoms with Crippen molar-refractivity contribution in [3.05, 3.63) is 17.5 Å². The maximum Gasteiger partial charge on any atom is 0.0596 e. The summed E-state index contributed by atoms with van der Waals surface area (Å²) in [5, 5.41) is 8.10. The van der Waals surface area contributed by atoms with E-state index >= 15 is 0 Å². The van der Waals surface area contributed by atoms with Crippen molar-refractivity contribution in [1.82, 2.24) is 15.1 Å². The van der Waals surface area contributed by atoms with Crippen molar-refractivity contribution in [2.45, 2.75) is 60.5 Å². The lowest BCUT2D eigenvalue weighted by molar-refractivity contribution is 0.266. The maximum absolute atomic E-state index is 4.51. The zero-order chi connectivity index (χ0) is 13.1. The summed E-state index contributed by atoms with van der Waals surface area (Å²) < 4.78 is 2.12. The second-order valence-electron chi connectivity index (χ2n) is 5.77. The van der Waals surface area contributed by atoms with Gasteiger partial charge < -0.3 is 5.32 Å². The van der Waals surface area contributed by atoms with Gasteiger partial charge in [-0.1, -0.05) is 27.7 Å². The Labute approximate surface area is 106 Å². The Morgan fingerprint density at radius 2 is 2.00 bits per heavy atom. The highest BCUT2D eigenvalue weighted by molar-refractivity contribution is 5.11. The summed E-state index contributed by atoms with van der Waals surface area (Å²) in [6.45, 7) is 15.2. The van der Waals surface area contributed by atoms with Crippen molar-refractivity contribution < 1.29 is 0 Å². The molecule has 0 aliphatic heterocycles. The molecule has 1 aromatic rings. The minimum Gasteiger partial charge on any atom is -0.313 e. The summed E-state index contributed by atoms with van der Waals surface area (Å²) in [6.07, 6.45) is 1.05. The summed E-state index contributed by atoms with van der Waals surface area (Å²) in [5.74, 6) is 0. The molecule has 3 nitrogen and oxygen atoms in total. The van der Waals surface area contributed by atoms with Crippen molar-refractivity contribution in [2.24, 2.45) is 5.41 Å². The largest absolute Gasteiger partial charge is 0.313 e. The lowest BCUT2D eigenvalue weighted by atomic mass is 9.84. The van der Waals surface area contributed by atoms with Crippen LogP contribution in [0.4, 0.5) is 0 Å². The summed E-state index contributed by atoms with van der Waals surface area (Å²) in [4.78, 5) is 0. The van der Waals surface area contributed by atoms with Gasteiger partial charge in [0, 0.05) is 24.7 Å². The predicted octanol–water partition coefficient (Wildman–Crippen LogP) is 2.78. The zero-order valence-electron chi connectivity index (χ0n) is 12.2. The van der Waals surface area contributed by atoms with Crippen LogP contribution in [0.2, 0.25) is 0 Å². The number of nitrogens with zero attached hydrogens (tertiary/aromatic N) is 2. The van der Waals surface area contributed by atoms with Crippen LogP contribution in [-0.2, 0) is 13.0 Å². The summed E-state index contributed by atoms with van der Waals surface area (Å²) in [5.41, 5.74) is 2.73. The van der Waals surface area contributed by atoms with Gasteiger partial charge in [0.25, 0.3) is 0 Å². The van der Waals surface area contributed by atoms with Gasteiger partial charge >= 0.3 is 0 Å². The molecule has 0 radical (unpaired) electrons. The first kappa shape index (κ1) is 14.2. The van der Waals surface area contributed by atoms with E-state index in [-0.39, 0.29) is 5.41 Å². The highest BCUT2D eigenvalue weighted by Crippen LogP contribution is 2.23. The first-order valence-electron chi connectivity index (χ1n) is 6.65. The van der Waals surface area contributed by atoms with Crippen molar-refractivity contribution >= 4 is 0 Å². The normalized spacial score (nSPS) is 14.0. The second kappa shape index (κ2) is 5.67. The molecule has 1 unspecified atom stereocenters. The van der Waals surface area contributed by atoms with E-state index in [9.17, 15) is 0 Å². The molecule has 1 rings (SSSR count). The standard InChI is InChI=1S/C14H27N3/c1-7-15-13(14(4,5)6)10-12-9-11(3)16-17(12)8-2/h9,13,15H,7-8,10H2,1-6H3. The minimum atomic E-state index is 0.271. The van der Waals surface area contributed by atoms with Crippen LogP contribution in [-0.4, -0.2) is 22.4 Å². The highest BCUT2D eigenvalue weighted by Gasteiger charge is 2.25. The molecule has 0 amide bonds. The van der Waals surface area contributed by atoms with Gasteiger partial charge in [-0.3, -0.25) is 4.68 Å². The zero-order valence-corrected chi connectivity index (χ0v) is 12.2. The van der Waals surface area contributed by atoms with Crippen LogP contribution in [0, 0.1) is 12.3 Å². The SMILES string of the molecule is CCNC(Cc1cc(C)nn1CC)C(C)(C)C. The number of likely N-dealkylation sites (N-methyl/N-ethyl adjacent to an activating group) is 1. The topological polar surface area (TPSA) is 29.9 Å². The summed E-state index contributed by atoms with van der Waals surface area (Å²) in [6, 6.07) is 2.70. The van der Waals surface area contributed by atoms with E-state index in [1.165, 1.54) is 5.69 Å². The lowest BCUT2D eigenvalue weighted by Crippen LogP contribution is -2.42. The van der Waals surface area contributed by atoms with Crippen LogP contribution >= 0.6 is 0 Å². The summed E-state index contributed by atoms with van der Waals surface area (Å²) in [7, 11) is 0. The number of hydrogen-bond donors (Lipinski definition) is 1. The number of aryl methyl sites for hydroxylation is 2. The molecule has 1 aromatic heterocycles. The van der Waals surface area contributed by atoms with E-state index in [1.807, 2.05) is 0 Å². The van der Waals surface area contributed by atoms with Crippen molar-refractivity contribution in [2.75, 3.05) is 6.54 Å². The van der Waals surface area contributed by atoms with E-state index < -0.39 is 0 Å². The van der Waals surface area contributed by atoms with Crippen molar-refractivity contribution in [3.63, 3.8) is 0 Å². The molecule has 0 aliphatic rings.